The number of carbonyl (C=O) groups is 1. The fourth-order valence-electron chi connectivity index (χ4n) is 1.96. The molecule has 1 aromatic rings. The molecule has 1 aromatic heterocycles. The highest BCUT2D eigenvalue weighted by Crippen LogP contribution is 2.21. The van der Waals surface area contributed by atoms with Crippen LogP contribution in [0.1, 0.15) is 23.3 Å². The molecule has 1 fully saturated rings. The van der Waals surface area contributed by atoms with Crippen molar-refractivity contribution < 1.29 is 15.0 Å². The number of β-amino-alcohol motifs (C(OH)–C–C–N with tert-alkyl or cyclic N) is 1. The summed E-state index contributed by atoms with van der Waals surface area (Å²) in [5.74, 6) is -0.191. The van der Waals surface area contributed by atoms with E-state index in [4.69, 9.17) is 5.11 Å². The SMILES string of the molecule is O=C(c1ccn[nH]1)N1CCC[C@](O)(CO)C1. The summed E-state index contributed by atoms with van der Waals surface area (Å²) in [4.78, 5) is 13.5. The highest BCUT2D eigenvalue weighted by Gasteiger charge is 2.35. The van der Waals surface area contributed by atoms with Gasteiger partial charge in [-0.2, -0.15) is 5.10 Å². The maximum atomic E-state index is 11.9. The number of piperidine rings is 1. The largest absolute Gasteiger partial charge is 0.393 e. The maximum Gasteiger partial charge on any atom is 0.271 e. The van der Waals surface area contributed by atoms with Crippen LogP contribution in [0.4, 0.5) is 0 Å². The van der Waals surface area contributed by atoms with Gasteiger partial charge in [-0.15, -0.1) is 0 Å². The van der Waals surface area contributed by atoms with Crippen LogP contribution in [0.5, 0.6) is 0 Å². The number of likely N-dealkylation sites (tertiary alicyclic amines) is 1. The van der Waals surface area contributed by atoms with Gasteiger partial charge in [-0.25, -0.2) is 0 Å². The summed E-state index contributed by atoms with van der Waals surface area (Å²) in [6.45, 7) is 0.446. The van der Waals surface area contributed by atoms with Crippen molar-refractivity contribution >= 4 is 5.91 Å². The minimum atomic E-state index is -1.16. The standard InChI is InChI=1S/C10H15N3O3/c14-7-10(16)3-1-5-13(6-10)9(15)8-2-4-11-12-8/h2,4,14,16H,1,3,5-7H2,(H,11,12)/t10-/m1/s1. The van der Waals surface area contributed by atoms with Gasteiger partial charge in [0.15, 0.2) is 0 Å². The Morgan fingerprint density at radius 3 is 3.12 bits per heavy atom. The van der Waals surface area contributed by atoms with E-state index in [1.165, 1.54) is 11.1 Å². The summed E-state index contributed by atoms with van der Waals surface area (Å²) >= 11 is 0. The minimum absolute atomic E-state index is 0.168. The van der Waals surface area contributed by atoms with Gasteiger partial charge in [-0.1, -0.05) is 0 Å². The van der Waals surface area contributed by atoms with Crippen LogP contribution in [0.2, 0.25) is 0 Å². The van der Waals surface area contributed by atoms with Gasteiger partial charge >= 0.3 is 0 Å². The molecule has 0 saturated carbocycles. The van der Waals surface area contributed by atoms with E-state index in [9.17, 15) is 9.90 Å². The number of aliphatic hydroxyl groups is 2. The molecule has 6 heteroatoms. The van der Waals surface area contributed by atoms with E-state index in [0.29, 0.717) is 25.1 Å². The van der Waals surface area contributed by atoms with E-state index in [0.717, 1.165) is 0 Å². The molecule has 2 rings (SSSR count). The summed E-state index contributed by atoms with van der Waals surface area (Å²) in [7, 11) is 0. The van der Waals surface area contributed by atoms with Crippen LogP contribution >= 0.6 is 0 Å². The lowest BCUT2D eigenvalue weighted by Gasteiger charge is -2.37. The molecule has 0 bridgehead atoms. The first kappa shape index (κ1) is 11.1. The zero-order chi connectivity index (χ0) is 11.6. The van der Waals surface area contributed by atoms with Crippen molar-refractivity contribution in [2.24, 2.45) is 0 Å². The van der Waals surface area contributed by atoms with E-state index in [1.54, 1.807) is 6.07 Å². The molecule has 6 nitrogen and oxygen atoms in total. The van der Waals surface area contributed by atoms with Gasteiger partial charge < -0.3 is 15.1 Å². The van der Waals surface area contributed by atoms with E-state index < -0.39 is 5.60 Å². The van der Waals surface area contributed by atoms with Gasteiger partial charge in [0.1, 0.15) is 11.3 Å². The number of hydrogen-bond acceptors (Lipinski definition) is 4. The number of nitrogens with zero attached hydrogens (tertiary/aromatic N) is 2. The number of nitrogens with one attached hydrogen (secondary N) is 1. The Hall–Kier alpha value is -1.40. The Balaban J connectivity index is 2.08. The Morgan fingerprint density at radius 2 is 2.50 bits per heavy atom. The summed E-state index contributed by atoms with van der Waals surface area (Å²) in [6.07, 6.45) is 2.72. The van der Waals surface area contributed by atoms with E-state index in [1.807, 2.05) is 0 Å². The second-order valence-electron chi connectivity index (χ2n) is 4.18. The molecule has 0 aliphatic carbocycles. The second-order valence-corrected chi connectivity index (χ2v) is 4.18. The average molecular weight is 225 g/mol. The molecule has 0 radical (unpaired) electrons. The molecule has 1 saturated heterocycles. The molecule has 2 heterocycles. The molecule has 1 atom stereocenters. The topological polar surface area (TPSA) is 89.5 Å². The number of aromatic nitrogens is 2. The van der Waals surface area contributed by atoms with Crippen molar-refractivity contribution in [1.82, 2.24) is 15.1 Å². The highest BCUT2D eigenvalue weighted by molar-refractivity contribution is 5.92. The highest BCUT2D eigenvalue weighted by atomic mass is 16.3. The fraction of sp³-hybridized carbons (Fsp3) is 0.600. The number of carbonyl (C=O) groups excluding carboxylic acids is 1. The normalized spacial score (nSPS) is 25.8. The van der Waals surface area contributed by atoms with Crippen LogP contribution in [0.3, 0.4) is 0 Å². The smallest absolute Gasteiger partial charge is 0.271 e. The lowest BCUT2D eigenvalue weighted by atomic mass is 9.93. The number of rotatable bonds is 2. The number of amides is 1. The molecule has 0 spiro atoms. The number of H-pyrrole nitrogens is 1. The first-order valence-electron chi connectivity index (χ1n) is 5.26. The van der Waals surface area contributed by atoms with Gasteiger partial charge in [0.25, 0.3) is 5.91 Å². The predicted octanol–water partition coefficient (Wildman–Crippen LogP) is -0.631. The van der Waals surface area contributed by atoms with E-state index in [2.05, 4.69) is 10.2 Å². The third-order valence-corrected chi connectivity index (χ3v) is 2.87. The number of hydrogen-bond donors (Lipinski definition) is 3. The third-order valence-electron chi connectivity index (χ3n) is 2.87. The number of aliphatic hydroxyl groups excluding tert-OH is 1. The van der Waals surface area contributed by atoms with E-state index >= 15 is 0 Å². The maximum absolute atomic E-state index is 11.9. The second kappa shape index (κ2) is 4.23. The Morgan fingerprint density at radius 1 is 1.69 bits per heavy atom. The Labute approximate surface area is 92.9 Å². The van der Waals surface area contributed by atoms with Crippen LogP contribution < -0.4 is 0 Å². The fourth-order valence-corrected chi connectivity index (χ4v) is 1.96. The number of aromatic amines is 1. The molecule has 1 aliphatic heterocycles. The van der Waals surface area contributed by atoms with Gasteiger partial charge in [-0.05, 0) is 18.9 Å². The summed E-state index contributed by atoms with van der Waals surface area (Å²) < 4.78 is 0. The Kier molecular flexibility index (Phi) is 2.93. The van der Waals surface area contributed by atoms with Gasteiger partial charge in [0.05, 0.1) is 13.2 Å². The summed E-state index contributed by atoms with van der Waals surface area (Å²) in [6, 6.07) is 1.59. The van der Waals surface area contributed by atoms with Crippen LogP contribution in [0, 0.1) is 0 Å². The van der Waals surface area contributed by atoms with Crippen molar-refractivity contribution in [3.8, 4) is 0 Å². The molecule has 1 aliphatic rings. The lowest BCUT2D eigenvalue weighted by molar-refractivity contribution is -0.0599. The van der Waals surface area contributed by atoms with Crippen molar-refractivity contribution in [3.63, 3.8) is 0 Å². The van der Waals surface area contributed by atoms with E-state index in [-0.39, 0.29) is 19.1 Å². The zero-order valence-electron chi connectivity index (χ0n) is 8.89. The van der Waals surface area contributed by atoms with Crippen LogP contribution in [-0.2, 0) is 0 Å². The zero-order valence-corrected chi connectivity index (χ0v) is 8.89. The predicted molar refractivity (Wildman–Crippen MR) is 55.8 cm³/mol. The molecular formula is C10H15N3O3. The molecule has 3 N–H and O–H groups in total. The van der Waals surface area contributed by atoms with Crippen molar-refractivity contribution in [1.29, 1.82) is 0 Å². The van der Waals surface area contributed by atoms with Crippen molar-refractivity contribution in [2.75, 3.05) is 19.7 Å². The van der Waals surface area contributed by atoms with Crippen molar-refractivity contribution in [3.05, 3.63) is 18.0 Å². The molecule has 1 amide bonds. The van der Waals surface area contributed by atoms with Crippen LogP contribution in [-0.4, -0.2) is 56.5 Å². The monoisotopic (exact) mass is 225 g/mol. The molecular weight excluding hydrogens is 210 g/mol. The lowest BCUT2D eigenvalue weighted by Crippen LogP contribution is -2.52. The molecule has 88 valence electrons. The summed E-state index contributed by atoms with van der Waals surface area (Å²) in [5.41, 5.74) is -0.754. The van der Waals surface area contributed by atoms with Crippen LogP contribution in [0.15, 0.2) is 12.3 Å². The first-order chi connectivity index (χ1) is 7.64. The summed E-state index contributed by atoms with van der Waals surface area (Å²) in [5, 5.41) is 25.3. The minimum Gasteiger partial charge on any atom is -0.393 e. The molecule has 0 aromatic carbocycles. The quantitative estimate of drug-likeness (QED) is 0.625. The van der Waals surface area contributed by atoms with Gasteiger partial charge in [-0.3, -0.25) is 9.89 Å². The van der Waals surface area contributed by atoms with Crippen molar-refractivity contribution in [2.45, 2.75) is 18.4 Å². The van der Waals surface area contributed by atoms with Gasteiger partial charge in [0, 0.05) is 12.7 Å². The molecule has 0 unspecified atom stereocenters. The van der Waals surface area contributed by atoms with Gasteiger partial charge in [0.2, 0.25) is 0 Å². The first-order valence-corrected chi connectivity index (χ1v) is 5.26. The average Bonchev–Trinajstić information content (AvgIpc) is 2.82. The molecule has 16 heavy (non-hydrogen) atoms. The van der Waals surface area contributed by atoms with Crippen LogP contribution in [0.25, 0.3) is 0 Å². The third kappa shape index (κ3) is 2.07. The Bertz CT molecular complexity index is 365.